The van der Waals surface area contributed by atoms with Gasteiger partial charge in [0.1, 0.15) is 5.75 Å². The molecule has 164 valence electrons. The first-order chi connectivity index (χ1) is 16.1. The number of imidazole rings is 2. The van der Waals surface area contributed by atoms with Crippen molar-refractivity contribution >= 4 is 0 Å². The Morgan fingerprint density at radius 3 is 2.33 bits per heavy atom. The van der Waals surface area contributed by atoms with Gasteiger partial charge in [0.15, 0.2) is 0 Å². The van der Waals surface area contributed by atoms with E-state index in [1.54, 1.807) is 6.20 Å². The normalized spacial score (nSPS) is 11.0. The van der Waals surface area contributed by atoms with Crippen molar-refractivity contribution in [1.82, 2.24) is 19.1 Å². The van der Waals surface area contributed by atoms with Crippen LogP contribution >= 0.6 is 0 Å². The second-order valence-corrected chi connectivity index (χ2v) is 8.35. The molecule has 5 rings (SSSR count). The second kappa shape index (κ2) is 8.79. The lowest BCUT2D eigenvalue weighted by molar-refractivity contribution is 0.424. The lowest BCUT2D eigenvalue weighted by Crippen LogP contribution is -1.96. The standard InChI is InChI=1S/C28H26N4O/c1-20-7-4-8-21(2)27(20)32-18-26(30-19-32)24-11-5-9-22(16-24)15-23-10-6-12-25(17-23)33-28-29-13-14-31(28)3/h4-14,16-19H,15H2,1-3H3. The van der Waals surface area contributed by atoms with Crippen LogP contribution in [0, 0.1) is 13.8 Å². The van der Waals surface area contributed by atoms with Crippen LogP contribution in [0.15, 0.2) is 91.6 Å². The SMILES string of the molecule is Cc1cccc(C)c1-n1cnc(-c2cccc(Cc3cccc(Oc4nccn4C)c3)c2)c1. The maximum absolute atomic E-state index is 5.92. The van der Waals surface area contributed by atoms with Gasteiger partial charge in [-0.3, -0.25) is 0 Å². The van der Waals surface area contributed by atoms with E-state index in [9.17, 15) is 0 Å². The summed E-state index contributed by atoms with van der Waals surface area (Å²) in [4.78, 5) is 8.93. The summed E-state index contributed by atoms with van der Waals surface area (Å²) in [5, 5.41) is 0. The third-order valence-corrected chi connectivity index (χ3v) is 5.80. The van der Waals surface area contributed by atoms with Crippen molar-refractivity contribution in [3.63, 3.8) is 0 Å². The molecule has 0 saturated carbocycles. The number of benzene rings is 3. The van der Waals surface area contributed by atoms with Gasteiger partial charge in [-0.2, -0.15) is 0 Å². The van der Waals surface area contributed by atoms with Crippen LogP contribution in [0.3, 0.4) is 0 Å². The van der Waals surface area contributed by atoms with Crippen LogP contribution in [0.2, 0.25) is 0 Å². The Morgan fingerprint density at radius 2 is 1.58 bits per heavy atom. The molecule has 3 aromatic carbocycles. The predicted molar refractivity (Wildman–Crippen MR) is 131 cm³/mol. The Bertz CT molecular complexity index is 1390. The van der Waals surface area contributed by atoms with Gasteiger partial charge in [0.25, 0.3) is 0 Å². The molecule has 0 aliphatic carbocycles. The molecule has 5 heteroatoms. The average Bonchev–Trinajstić information content (AvgIpc) is 3.44. The van der Waals surface area contributed by atoms with E-state index in [4.69, 9.17) is 9.72 Å². The second-order valence-electron chi connectivity index (χ2n) is 8.35. The van der Waals surface area contributed by atoms with Crippen molar-refractivity contribution in [2.45, 2.75) is 20.3 Å². The third kappa shape index (κ3) is 4.44. The molecule has 0 amide bonds. The Labute approximate surface area is 194 Å². The van der Waals surface area contributed by atoms with E-state index in [1.165, 1.54) is 27.9 Å². The van der Waals surface area contributed by atoms with Crippen LogP contribution in [0.1, 0.15) is 22.3 Å². The van der Waals surface area contributed by atoms with Gasteiger partial charge in [0, 0.05) is 31.2 Å². The fourth-order valence-electron chi connectivity index (χ4n) is 4.16. The smallest absolute Gasteiger partial charge is 0.301 e. The maximum atomic E-state index is 5.92. The quantitative estimate of drug-likeness (QED) is 0.316. The van der Waals surface area contributed by atoms with Crippen LogP contribution in [-0.2, 0) is 13.5 Å². The molecule has 0 aliphatic heterocycles. The number of aromatic nitrogens is 4. The summed E-state index contributed by atoms with van der Waals surface area (Å²) in [5.41, 5.74) is 8.14. The summed E-state index contributed by atoms with van der Waals surface area (Å²) in [7, 11) is 1.92. The van der Waals surface area contributed by atoms with Crippen LogP contribution < -0.4 is 4.74 Å². The number of hydrogen-bond acceptors (Lipinski definition) is 3. The van der Waals surface area contributed by atoms with E-state index in [1.807, 2.05) is 36.3 Å². The molecule has 0 radical (unpaired) electrons. The summed E-state index contributed by atoms with van der Waals surface area (Å²) < 4.78 is 9.89. The third-order valence-electron chi connectivity index (χ3n) is 5.80. The van der Waals surface area contributed by atoms with E-state index < -0.39 is 0 Å². The maximum Gasteiger partial charge on any atom is 0.301 e. The van der Waals surface area contributed by atoms with Crippen LogP contribution in [0.5, 0.6) is 11.8 Å². The topological polar surface area (TPSA) is 44.9 Å². The number of ether oxygens (including phenoxy) is 1. The molecule has 5 nitrogen and oxygen atoms in total. The largest absolute Gasteiger partial charge is 0.426 e. The van der Waals surface area contributed by atoms with Crippen molar-refractivity contribution in [3.8, 4) is 28.7 Å². The minimum Gasteiger partial charge on any atom is -0.426 e. The van der Waals surface area contributed by atoms with Crippen molar-refractivity contribution in [3.05, 3.63) is 114 Å². The van der Waals surface area contributed by atoms with E-state index in [2.05, 4.69) is 84.2 Å². The van der Waals surface area contributed by atoms with Crippen LogP contribution in [0.4, 0.5) is 0 Å². The lowest BCUT2D eigenvalue weighted by atomic mass is 10.0. The van der Waals surface area contributed by atoms with Gasteiger partial charge in [-0.15, -0.1) is 0 Å². The van der Waals surface area contributed by atoms with Gasteiger partial charge >= 0.3 is 6.01 Å². The van der Waals surface area contributed by atoms with Gasteiger partial charge in [0.2, 0.25) is 0 Å². The Kier molecular flexibility index (Phi) is 5.53. The molecule has 5 aromatic rings. The van der Waals surface area contributed by atoms with E-state index >= 15 is 0 Å². The zero-order valence-electron chi connectivity index (χ0n) is 19.1. The lowest BCUT2D eigenvalue weighted by Gasteiger charge is -2.10. The molecule has 0 unspecified atom stereocenters. The highest BCUT2D eigenvalue weighted by molar-refractivity contribution is 5.61. The van der Waals surface area contributed by atoms with Crippen molar-refractivity contribution in [2.75, 3.05) is 0 Å². The first-order valence-corrected chi connectivity index (χ1v) is 11.0. The van der Waals surface area contributed by atoms with Crippen LogP contribution in [-0.4, -0.2) is 19.1 Å². The minimum absolute atomic E-state index is 0.577. The highest BCUT2D eigenvalue weighted by atomic mass is 16.5. The highest BCUT2D eigenvalue weighted by Crippen LogP contribution is 2.26. The first kappa shape index (κ1) is 20.8. The van der Waals surface area contributed by atoms with Gasteiger partial charge in [-0.25, -0.2) is 9.97 Å². The van der Waals surface area contributed by atoms with E-state index in [0.717, 1.165) is 23.4 Å². The first-order valence-electron chi connectivity index (χ1n) is 11.0. The molecule has 2 heterocycles. The van der Waals surface area contributed by atoms with Gasteiger partial charge in [-0.05, 0) is 60.7 Å². The number of nitrogens with zero attached hydrogens (tertiary/aromatic N) is 4. The molecular formula is C28H26N4O. The minimum atomic E-state index is 0.577. The molecule has 2 aromatic heterocycles. The molecule has 0 aliphatic rings. The zero-order valence-corrected chi connectivity index (χ0v) is 19.1. The Balaban J connectivity index is 1.37. The van der Waals surface area contributed by atoms with Gasteiger partial charge in [-0.1, -0.05) is 48.5 Å². The van der Waals surface area contributed by atoms with Gasteiger partial charge in [0.05, 0.1) is 17.7 Å². The number of rotatable bonds is 6. The van der Waals surface area contributed by atoms with E-state index in [0.29, 0.717) is 6.01 Å². The molecule has 0 N–H and O–H groups in total. The molecule has 0 spiro atoms. The van der Waals surface area contributed by atoms with Gasteiger partial charge < -0.3 is 13.9 Å². The molecule has 0 atom stereocenters. The fraction of sp³-hybridized carbons (Fsp3) is 0.143. The van der Waals surface area contributed by atoms with Crippen LogP contribution in [0.25, 0.3) is 16.9 Å². The predicted octanol–water partition coefficient (Wildman–Crippen LogP) is 6.27. The molecular weight excluding hydrogens is 408 g/mol. The molecule has 33 heavy (non-hydrogen) atoms. The summed E-state index contributed by atoms with van der Waals surface area (Å²) in [6, 6.07) is 23.7. The summed E-state index contributed by atoms with van der Waals surface area (Å²) in [6.07, 6.45) is 8.41. The van der Waals surface area contributed by atoms with Crippen molar-refractivity contribution in [2.24, 2.45) is 7.05 Å². The molecule has 0 bridgehead atoms. The van der Waals surface area contributed by atoms with Crippen molar-refractivity contribution < 1.29 is 4.74 Å². The Morgan fingerprint density at radius 1 is 0.848 bits per heavy atom. The number of hydrogen-bond donors (Lipinski definition) is 0. The Hall–Kier alpha value is -4.12. The van der Waals surface area contributed by atoms with E-state index in [-0.39, 0.29) is 0 Å². The fourth-order valence-corrected chi connectivity index (χ4v) is 4.16. The molecule has 0 fully saturated rings. The summed E-state index contributed by atoms with van der Waals surface area (Å²) in [6.45, 7) is 4.27. The number of aryl methyl sites for hydroxylation is 3. The zero-order chi connectivity index (χ0) is 22.8. The summed E-state index contributed by atoms with van der Waals surface area (Å²) >= 11 is 0. The van der Waals surface area contributed by atoms with Crippen molar-refractivity contribution in [1.29, 1.82) is 0 Å². The summed E-state index contributed by atoms with van der Waals surface area (Å²) in [5.74, 6) is 0.783. The highest BCUT2D eigenvalue weighted by Gasteiger charge is 2.09. The monoisotopic (exact) mass is 434 g/mol. The average molecular weight is 435 g/mol. The molecule has 0 saturated heterocycles. The number of para-hydroxylation sites is 1.